The number of thiocarbonyl (C=S) groups is 1. The highest BCUT2D eigenvalue weighted by atomic mass is 35.5. The van der Waals surface area contributed by atoms with E-state index in [1.54, 1.807) is 36.5 Å². The summed E-state index contributed by atoms with van der Waals surface area (Å²) in [6.07, 6.45) is 4.79. The molecule has 0 saturated carbocycles. The Hall–Kier alpha value is -3.05. The molecule has 190 valence electrons. The summed E-state index contributed by atoms with van der Waals surface area (Å²) in [6, 6.07) is 14.4. The number of anilines is 1. The number of ether oxygens (including phenoxy) is 1. The third-order valence-corrected chi connectivity index (χ3v) is 8.07. The standard InChI is InChI=1S/C26H22ClN3O4S3/c1-34-24(33)17-10-8-16(9-11-17)13-21-23(32)30(26(35)37-21)12-4-7-22(31)29-25-28-15-19(36-25)14-18-5-2-3-6-20(18)27/h2-3,5-6,8-11,13,15H,4,7,12,14H2,1H3,(H,28,29,31). The zero-order valence-electron chi connectivity index (χ0n) is 19.7. The van der Waals surface area contributed by atoms with Crippen molar-refractivity contribution in [2.45, 2.75) is 19.3 Å². The molecule has 4 rings (SSSR count). The normalized spacial score (nSPS) is 14.3. The van der Waals surface area contributed by atoms with E-state index in [9.17, 15) is 14.4 Å². The Morgan fingerprint density at radius 3 is 2.68 bits per heavy atom. The minimum Gasteiger partial charge on any atom is -0.465 e. The third-order valence-electron chi connectivity index (χ3n) is 5.41. The van der Waals surface area contributed by atoms with E-state index in [2.05, 4.69) is 10.3 Å². The van der Waals surface area contributed by atoms with Gasteiger partial charge in [-0.05, 0) is 41.8 Å². The van der Waals surface area contributed by atoms with Gasteiger partial charge in [0.1, 0.15) is 4.32 Å². The molecule has 11 heteroatoms. The molecule has 37 heavy (non-hydrogen) atoms. The van der Waals surface area contributed by atoms with Crippen molar-refractivity contribution in [2.75, 3.05) is 19.0 Å². The number of methoxy groups -OCH3 is 1. The number of hydrogen-bond donors (Lipinski definition) is 1. The van der Waals surface area contributed by atoms with Crippen LogP contribution in [0.25, 0.3) is 6.08 Å². The van der Waals surface area contributed by atoms with Gasteiger partial charge in [-0.25, -0.2) is 9.78 Å². The minimum atomic E-state index is -0.422. The SMILES string of the molecule is COC(=O)c1ccc(C=C2SC(=S)N(CCCC(=O)Nc3ncc(Cc4ccccc4Cl)s3)C2=O)cc1. The van der Waals surface area contributed by atoms with Crippen molar-refractivity contribution >= 4 is 80.2 Å². The summed E-state index contributed by atoms with van der Waals surface area (Å²) >= 11 is 14.2. The second-order valence-electron chi connectivity index (χ2n) is 8.00. The molecule has 7 nitrogen and oxygen atoms in total. The number of thiazole rings is 1. The van der Waals surface area contributed by atoms with E-state index in [-0.39, 0.29) is 18.2 Å². The molecular formula is C26H22ClN3O4S3. The van der Waals surface area contributed by atoms with Crippen molar-refractivity contribution in [2.24, 2.45) is 0 Å². The summed E-state index contributed by atoms with van der Waals surface area (Å²) in [6.45, 7) is 0.340. The van der Waals surface area contributed by atoms with Crippen LogP contribution in [0.15, 0.2) is 59.6 Å². The van der Waals surface area contributed by atoms with Crippen molar-refractivity contribution in [1.82, 2.24) is 9.88 Å². The molecule has 2 amide bonds. The van der Waals surface area contributed by atoms with Crippen LogP contribution in [0.5, 0.6) is 0 Å². The number of nitrogens with zero attached hydrogens (tertiary/aromatic N) is 2. The van der Waals surface area contributed by atoms with Crippen molar-refractivity contribution in [3.63, 3.8) is 0 Å². The molecule has 1 fully saturated rings. The number of benzene rings is 2. The van der Waals surface area contributed by atoms with Crippen molar-refractivity contribution in [3.8, 4) is 0 Å². The summed E-state index contributed by atoms with van der Waals surface area (Å²) in [4.78, 5) is 44.1. The zero-order valence-corrected chi connectivity index (χ0v) is 22.9. The van der Waals surface area contributed by atoms with E-state index >= 15 is 0 Å². The third kappa shape index (κ3) is 7.04. The van der Waals surface area contributed by atoms with Crippen LogP contribution in [-0.4, -0.2) is 45.6 Å². The Kier molecular flexibility index (Phi) is 9.09. The maximum Gasteiger partial charge on any atom is 0.337 e. The average Bonchev–Trinajstić information content (AvgIpc) is 3.43. The van der Waals surface area contributed by atoms with E-state index in [1.165, 1.54) is 35.1 Å². The van der Waals surface area contributed by atoms with Gasteiger partial charge in [0.2, 0.25) is 5.91 Å². The lowest BCUT2D eigenvalue weighted by Crippen LogP contribution is -2.29. The molecule has 1 N–H and O–H groups in total. The van der Waals surface area contributed by atoms with E-state index in [0.29, 0.717) is 44.3 Å². The Labute approximate surface area is 232 Å². The lowest BCUT2D eigenvalue weighted by atomic mass is 10.1. The van der Waals surface area contributed by atoms with Gasteiger partial charge in [-0.1, -0.05) is 65.9 Å². The molecule has 2 aromatic carbocycles. The second-order valence-corrected chi connectivity index (χ2v) is 11.2. The lowest BCUT2D eigenvalue weighted by molar-refractivity contribution is -0.122. The van der Waals surface area contributed by atoms with Crippen molar-refractivity contribution in [1.29, 1.82) is 0 Å². The number of rotatable bonds is 9. The fourth-order valence-corrected chi connectivity index (χ4v) is 5.90. The average molecular weight is 572 g/mol. The predicted octanol–water partition coefficient (Wildman–Crippen LogP) is 5.79. The smallest absolute Gasteiger partial charge is 0.337 e. The molecule has 2 heterocycles. The van der Waals surface area contributed by atoms with Gasteiger partial charge in [0, 0.05) is 35.5 Å². The van der Waals surface area contributed by atoms with Crippen LogP contribution in [0.4, 0.5) is 5.13 Å². The maximum atomic E-state index is 12.8. The van der Waals surface area contributed by atoms with Gasteiger partial charge < -0.3 is 10.1 Å². The zero-order chi connectivity index (χ0) is 26.4. The molecule has 0 spiro atoms. The van der Waals surface area contributed by atoms with E-state index < -0.39 is 5.97 Å². The van der Waals surface area contributed by atoms with Gasteiger partial charge >= 0.3 is 5.97 Å². The number of halogens is 1. The van der Waals surface area contributed by atoms with Crippen LogP contribution >= 0.6 is 46.9 Å². The van der Waals surface area contributed by atoms with Gasteiger partial charge in [0.05, 0.1) is 17.6 Å². The fourth-order valence-electron chi connectivity index (χ4n) is 3.53. The predicted molar refractivity (Wildman–Crippen MR) is 152 cm³/mol. The molecule has 0 atom stereocenters. The molecule has 1 aliphatic heterocycles. The van der Waals surface area contributed by atoms with Crippen LogP contribution in [0.2, 0.25) is 5.02 Å². The summed E-state index contributed by atoms with van der Waals surface area (Å²) in [5.41, 5.74) is 2.20. The highest BCUT2D eigenvalue weighted by Crippen LogP contribution is 2.33. The molecule has 0 aliphatic carbocycles. The van der Waals surface area contributed by atoms with Gasteiger partial charge in [-0.3, -0.25) is 14.5 Å². The first-order valence-electron chi connectivity index (χ1n) is 11.3. The van der Waals surface area contributed by atoms with Crippen LogP contribution < -0.4 is 5.32 Å². The number of aromatic nitrogens is 1. The summed E-state index contributed by atoms with van der Waals surface area (Å²) < 4.78 is 5.15. The number of nitrogens with one attached hydrogen (secondary N) is 1. The van der Waals surface area contributed by atoms with Crippen LogP contribution in [-0.2, 0) is 20.7 Å². The Morgan fingerprint density at radius 2 is 1.95 bits per heavy atom. The van der Waals surface area contributed by atoms with Crippen LogP contribution in [0, 0.1) is 0 Å². The second kappa shape index (κ2) is 12.5. The van der Waals surface area contributed by atoms with Gasteiger partial charge in [-0.2, -0.15) is 0 Å². The molecule has 0 radical (unpaired) electrons. The van der Waals surface area contributed by atoms with E-state index in [1.807, 2.05) is 24.3 Å². The molecule has 3 aromatic rings. The van der Waals surface area contributed by atoms with Crippen molar-refractivity contribution < 1.29 is 19.1 Å². The topological polar surface area (TPSA) is 88.6 Å². The summed E-state index contributed by atoms with van der Waals surface area (Å²) in [7, 11) is 1.32. The first kappa shape index (κ1) is 27.0. The number of thioether (sulfide) groups is 1. The van der Waals surface area contributed by atoms with Crippen LogP contribution in [0.3, 0.4) is 0 Å². The summed E-state index contributed by atoms with van der Waals surface area (Å²) in [5.74, 6) is -0.795. The monoisotopic (exact) mass is 571 g/mol. The lowest BCUT2D eigenvalue weighted by Gasteiger charge is -2.13. The maximum absolute atomic E-state index is 12.8. The number of carbonyl (C=O) groups excluding carboxylic acids is 3. The van der Waals surface area contributed by atoms with Gasteiger partial charge in [-0.15, -0.1) is 11.3 Å². The largest absolute Gasteiger partial charge is 0.465 e. The number of amides is 2. The number of hydrogen-bond acceptors (Lipinski definition) is 8. The van der Waals surface area contributed by atoms with Gasteiger partial charge in [0.15, 0.2) is 5.13 Å². The van der Waals surface area contributed by atoms with Crippen LogP contribution in [0.1, 0.15) is 39.2 Å². The molecule has 1 aromatic heterocycles. The highest BCUT2D eigenvalue weighted by molar-refractivity contribution is 8.26. The fraction of sp³-hybridized carbons (Fsp3) is 0.192. The quantitative estimate of drug-likeness (QED) is 0.197. The first-order chi connectivity index (χ1) is 17.8. The number of carbonyl (C=O) groups is 3. The first-order valence-corrected chi connectivity index (χ1v) is 13.7. The van der Waals surface area contributed by atoms with Crippen molar-refractivity contribution in [3.05, 3.63) is 86.2 Å². The summed E-state index contributed by atoms with van der Waals surface area (Å²) in [5, 5.41) is 4.04. The molecule has 0 unspecified atom stereocenters. The molecular weight excluding hydrogens is 550 g/mol. The van der Waals surface area contributed by atoms with E-state index in [4.69, 9.17) is 28.6 Å². The Morgan fingerprint density at radius 1 is 1.19 bits per heavy atom. The molecule has 1 saturated heterocycles. The molecule has 1 aliphatic rings. The minimum absolute atomic E-state index is 0.176. The van der Waals surface area contributed by atoms with Gasteiger partial charge in [0.25, 0.3) is 5.91 Å². The number of esters is 1. The Bertz CT molecular complexity index is 1370. The Balaban J connectivity index is 1.26. The molecule has 0 bridgehead atoms. The highest BCUT2D eigenvalue weighted by Gasteiger charge is 2.31. The van der Waals surface area contributed by atoms with E-state index in [0.717, 1.165) is 16.0 Å².